The van der Waals surface area contributed by atoms with Gasteiger partial charge in [-0.15, -0.1) is 0 Å². The number of rotatable bonds is 17. The molecule has 2 aliphatic heterocycles. The molecule has 0 bridgehead atoms. The van der Waals surface area contributed by atoms with Crippen LogP contribution in [0, 0.1) is 0 Å². The Morgan fingerprint density at radius 3 is 1.34 bits per heavy atom. The van der Waals surface area contributed by atoms with Gasteiger partial charge in [0.2, 0.25) is 6.79 Å². The Balaban J connectivity index is 0.000000129. The zero-order valence-electron chi connectivity index (χ0n) is 77.8. The first-order valence-corrected chi connectivity index (χ1v) is 47.4. The van der Waals surface area contributed by atoms with E-state index < -0.39 is 0 Å². The van der Waals surface area contributed by atoms with Crippen molar-refractivity contribution in [2.75, 3.05) is 60.1 Å². The number of nitrogen functional groups attached to an aromatic ring is 5. The molecule has 19 rings (SSSR count). The lowest BCUT2D eigenvalue weighted by Crippen LogP contribution is -2.39. The van der Waals surface area contributed by atoms with E-state index in [1.807, 2.05) is 139 Å². The third kappa shape index (κ3) is 22.7. The van der Waals surface area contributed by atoms with Crippen molar-refractivity contribution in [1.82, 2.24) is 39.5 Å². The van der Waals surface area contributed by atoms with Gasteiger partial charge in [-0.2, -0.15) is 0 Å². The highest BCUT2D eigenvalue weighted by Crippen LogP contribution is 2.48. The number of hydrogen-bond donors (Lipinski definition) is 15. The number of pyridine rings is 6. The number of aliphatic hydroxyl groups is 5. The Hall–Kier alpha value is -11.7. The maximum absolute atomic E-state index is 12.1. The summed E-state index contributed by atoms with van der Waals surface area (Å²) in [6.07, 6.45) is 19.8. The number of halogens is 2. The predicted molar refractivity (Wildman–Crippen MR) is 539 cm³/mol. The molecular weight excluding hydrogens is 1740 g/mol. The quantitative estimate of drug-likeness (QED) is 0.0376. The van der Waals surface area contributed by atoms with Crippen molar-refractivity contribution in [1.29, 1.82) is 0 Å². The van der Waals surface area contributed by atoms with Crippen LogP contribution in [0.15, 0.2) is 164 Å². The second-order valence-electron chi connectivity index (χ2n) is 38.4. The topological polar surface area (TPSA) is 505 Å². The Kier molecular flexibility index (Phi) is 30.3. The molecule has 0 spiro atoms. The number of hydrogen-bond acceptors (Lipinski definition) is 27. The lowest BCUT2D eigenvalue weighted by molar-refractivity contribution is 0.0526. The van der Waals surface area contributed by atoms with E-state index in [0.29, 0.717) is 126 Å². The lowest BCUT2D eigenvalue weighted by Gasteiger charge is -2.35. The minimum atomic E-state index is -0.338. The summed E-state index contributed by atoms with van der Waals surface area (Å²) >= 11 is 12.3. The SMILES string of the molecule is CC1(N)CCC(c2c(N)cc(-c3ccc4c(c3)OCO4)nc2CO)CC1.CC1(N)CCC(c2c(N)cc(-c3ccc4cccnc4c3)nc2CO)CC1.CCOC(=O)c1ccc2ccc(-c3cc(N)c(C4CCC(C)(N)CC4)c(CO)n3)cc2c1.Cn1cnc2cc(-c3cc(N)c(C4CCC(C)(N)CC4)c(CO)n3)ccc21.Nc1cc(-c2cccc(Cl)c2Cl)nc(CO)c1N1CCC(N)C1. The van der Waals surface area contributed by atoms with Gasteiger partial charge < -0.3 is 107 Å². The summed E-state index contributed by atoms with van der Waals surface area (Å²) in [5, 5.41) is 53.5. The molecule has 30 heteroatoms. The minimum absolute atomic E-state index is 0.101. The van der Waals surface area contributed by atoms with Crippen LogP contribution in [-0.4, -0.2) is 126 Å². The summed E-state index contributed by atoms with van der Waals surface area (Å²) in [7, 11) is 1.97. The molecule has 28 nitrogen and oxygen atoms in total. The summed E-state index contributed by atoms with van der Waals surface area (Å²) < 4.78 is 17.9. The van der Waals surface area contributed by atoms with Gasteiger partial charge in [0.1, 0.15) is 0 Å². The number of imidazole rings is 1. The van der Waals surface area contributed by atoms with Crippen molar-refractivity contribution >= 4 is 96.0 Å². The molecule has 710 valence electrons. The van der Waals surface area contributed by atoms with Gasteiger partial charge in [0.05, 0.1) is 146 Å². The molecule has 0 radical (unpaired) electrons. The highest BCUT2D eigenvalue weighted by Gasteiger charge is 2.37. The van der Waals surface area contributed by atoms with E-state index in [4.69, 9.17) is 115 Å². The van der Waals surface area contributed by atoms with Crippen LogP contribution in [0.25, 0.3) is 89.0 Å². The smallest absolute Gasteiger partial charge is 0.338 e. The molecule has 1 unspecified atom stereocenters. The van der Waals surface area contributed by atoms with Crippen molar-refractivity contribution in [3.8, 4) is 67.8 Å². The van der Waals surface area contributed by atoms with Crippen LogP contribution < -0.4 is 71.7 Å². The number of anilines is 6. The van der Waals surface area contributed by atoms with Crippen molar-refractivity contribution in [2.24, 2.45) is 35.7 Å². The number of nitrogens with two attached hydrogens (primary N) is 10. The molecule has 1 saturated heterocycles. The first kappa shape index (κ1) is 97.8. The number of benzene rings is 6. The number of carbonyl (C=O) groups excluding carboxylic acids is 1. The zero-order valence-corrected chi connectivity index (χ0v) is 79.3. The average Bonchev–Trinajstić information content (AvgIpc) is 1.79. The summed E-state index contributed by atoms with van der Waals surface area (Å²) in [6, 6.07) is 48.1. The van der Waals surface area contributed by atoms with Crippen LogP contribution in [0.5, 0.6) is 11.5 Å². The first-order chi connectivity index (χ1) is 64.6. The number of ether oxygens (including phenoxy) is 3. The van der Waals surface area contributed by atoms with Crippen molar-refractivity contribution in [2.45, 2.75) is 229 Å². The van der Waals surface area contributed by atoms with Crippen molar-refractivity contribution in [3.63, 3.8) is 0 Å². The lowest BCUT2D eigenvalue weighted by atomic mass is 9.75. The Labute approximate surface area is 798 Å². The molecule has 13 aromatic rings. The van der Waals surface area contributed by atoms with Gasteiger partial charge in [0.15, 0.2) is 11.5 Å². The van der Waals surface area contributed by atoms with Crippen LogP contribution in [0.3, 0.4) is 0 Å². The summed E-state index contributed by atoms with van der Waals surface area (Å²) in [5.41, 5.74) is 85.1. The number of nitrogens with zero attached hydrogens (tertiary/aromatic N) is 9. The molecular formula is C105H127Cl2N19O9. The summed E-state index contributed by atoms with van der Waals surface area (Å²) in [4.78, 5) is 46.5. The maximum Gasteiger partial charge on any atom is 0.338 e. The average molecular weight is 1870 g/mol. The maximum atomic E-state index is 12.1. The molecule has 1 atom stereocenters. The van der Waals surface area contributed by atoms with E-state index in [-0.39, 0.29) is 79.9 Å². The highest BCUT2D eigenvalue weighted by atomic mass is 35.5. The first-order valence-electron chi connectivity index (χ1n) is 46.6. The fourth-order valence-electron chi connectivity index (χ4n) is 20.0. The van der Waals surface area contributed by atoms with Gasteiger partial charge in [-0.3, -0.25) is 4.98 Å². The number of carbonyl (C=O) groups is 1. The largest absolute Gasteiger partial charge is 0.462 e. The molecule has 6 aromatic carbocycles. The van der Waals surface area contributed by atoms with E-state index >= 15 is 0 Å². The highest BCUT2D eigenvalue weighted by molar-refractivity contribution is 6.43. The third-order valence-electron chi connectivity index (χ3n) is 27.7. The standard InChI is InChI=1S/C26H31N3O3.C22H26N4O.C21H27N5O.C20H25N3O3.C16H18Cl2N4O/c1-3-32-25(31)19-7-5-16-4-6-18(12-20(16)13-19)22-14-21(27)24(23(15-30)29-22)17-8-10-26(2,28)11-9-17;1-22(24)8-6-15(7-9-22)21-17(23)12-19(26-20(21)13-27)16-5-4-14-3-2-10-25-18(14)11-16;1-21(23)7-5-13(6-8-21)20-15(22)10-16(25-18(20)11-27)14-3-4-19-17(9-14)24-12-26(19)2;1-20(22)6-4-12(5-7-20)19-14(21)9-15(23-16(19)10-24)13-2-3-17-18(8-13)26-11-25-17;17-11-3-1-2-10(15(11)18)13-6-12(20)16(14(8-23)21-13)22-5-4-9(19)7-22/h4-7,12-14,17,30H,3,8-11,15,28H2,1-2H3,(H2,27,29);2-5,10-12,15,27H,6-9,13,24H2,1H3,(H2,23,26);3-4,9-10,12-13,27H,5-8,11,23H2,1-2H3,(H2,22,25);2-3,8-9,12,24H,4-7,10-11,22H2,1H3,(H2,21,23);1-3,6,9,23H,4-5,7-8,19H2,(H2,20,21). The molecule has 0 amide bonds. The monoisotopic (exact) mass is 1870 g/mol. The van der Waals surface area contributed by atoms with Crippen molar-refractivity contribution in [3.05, 3.63) is 231 Å². The Morgan fingerprint density at radius 1 is 0.452 bits per heavy atom. The molecule has 9 heterocycles. The number of aromatic nitrogens is 8. The van der Waals surface area contributed by atoms with Gasteiger partial charge in [-0.1, -0.05) is 77.8 Å². The molecule has 4 aliphatic carbocycles. The number of fused-ring (bicyclic) bond motifs is 4. The Bertz CT molecular complexity index is 6450. The summed E-state index contributed by atoms with van der Waals surface area (Å²) in [6.45, 7) is 11.5. The number of esters is 1. The predicted octanol–water partition coefficient (Wildman–Crippen LogP) is 17.0. The van der Waals surface area contributed by atoms with Gasteiger partial charge in [0, 0.05) is 133 Å². The minimum Gasteiger partial charge on any atom is -0.462 e. The van der Waals surface area contributed by atoms with E-state index in [1.54, 1.807) is 43.7 Å². The van der Waals surface area contributed by atoms with E-state index in [1.165, 1.54) is 0 Å². The molecule has 25 N–H and O–H groups in total. The fourth-order valence-corrected chi connectivity index (χ4v) is 20.4. The van der Waals surface area contributed by atoms with E-state index in [9.17, 15) is 30.3 Å². The normalized spacial score (nSPS) is 21.9. The molecule has 6 aliphatic rings. The van der Waals surface area contributed by atoms with Crippen LogP contribution in [0.1, 0.15) is 229 Å². The van der Waals surface area contributed by atoms with Crippen LogP contribution in [0.2, 0.25) is 10.0 Å². The Morgan fingerprint density at radius 2 is 0.874 bits per heavy atom. The molecule has 5 fully saturated rings. The van der Waals surface area contributed by atoms with Gasteiger partial charge in [-0.25, -0.2) is 34.7 Å². The van der Waals surface area contributed by atoms with Crippen LogP contribution in [-0.2, 0) is 44.8 Å². The second-order valence-corrected chi connectivity index (χ2v) is 39.1. The van der Waals surface area contributed by atoms with Crippen LogP contribution in [0.4, 0.5) is 34.1 Å². The molecule has 4 saturated carbocycles. The van der Waals surface area contributed by atoms with E-state index in [2.05, 4.69) is 47.5 Å². The fraction of sp³-hybridized carbons (Fsp3) is 0.390. The number of aliphatic hydroxyl groups excluding tert-OH is 5. The van der Waals surface area contributed by atoms with Gasteiger partial charge >= 0.3 is 5.97 Å². The van der Waals surface area contributed by atoms with E-state index in [0.717, 1.165) is 221 Å². The van der Waals surface area contributed by atoms with Gasteiger partial charge in [0.25, 0.3) is 0 Å². The zero-order chi connectivity index (χ0) is 96.0. The summed E-state index contributed by atoms with van der Waals surface area (Å²) in [5.74, 6) is 2.27. The number of aryl methyl sites for hydroxylation is 1. The molecule has 7 aromatic heterocycles. The van der Waals surface area contributed by atoms with Gasteiger partial charge in [-0.05, 0) is 275 Å². The molecule has 135 heavy (non-hydrogen) atoms. The second kappa shape index (κ2) is 41.8. The van der Waals surface area contributed by atoms with Crippen molar-refractivity contribution < 1.29 is 44.5 Å². The van der Waals surface area contributed by atoms with Crippen LogP contribution >= 0.6 is 23.2 Å². The third-order valence-corrected chi connectivity index (χ3v) is 28.5.